The van der Waals surface area contributed by atoms with E-state index in [1.165, 1.54) is 31.6 Å². The first-order valence-electron chi connectivity index (χ1n) is 5.42. The van der Waals surface area contributed by atoms with Gasteiger partial charge in [0.25, 0.3) is 0 Å². The normalized spacial score (nSPS) is 37.9. The molecule has 0 aromatic carbocycles. The van der Waals surface area contributed by atoms with Gasteiger partial charge in [-0.15, -0.1) is 0 Å². The second-order valence-corrected chi connectivity index (χ2v) is 4.49. The van der Waals surface area contributed by atoms with Crippen molar-refractivity contribution in [1.82, 2.24) is 0 Å². The van der Waals surface area contributed by atoms with Crippen LogP contribution in [-0.4, -0.2) is 0 Å². The maximum absolute atomic E-state index is 2.32. The van der Waals surface area contributed by atoms with Crippen molar-refractivity contribution in [1.29, 1.82) is 0 Å². The van der Waals surface area contributed by atoms with Crippen LogP contribution < -0.4 is 0 Å². The summed E-state index contributed by atoms with van der Waals surface area (Å²) < 4.78 is 0. The first kappa shape index (κ1) is 7.64. The van der Waals surface area contributed by atoms with E-state index in [1.807, 2.05) is 0 Å². The smallest absolute Gasteiger partial charge is 0.0355 e. The Labute approximate surface area is 70.4 Å². The van der Waals surface area contributed by atoms with E-state index in [9.17, 15) is 0 Å². The van der Waals surface area contributed by atoms with Crippen LogP contribution in [0.1, 0.15) is 51.9 Å². The Balaban J connectivity index is 1.72. The van der Waals surface area contributed by atoms with Crippen molar-refractivity contribution in [2.75, 3.05) is 0 Å². The molecule has 2 saturated carbocycles. The van der Waals surface area contributed by atoms with Crippen molar-refractivity contribution in [3.63, 3.8) is 0 Å². The molecule has 11 heavy (non-hydrogen) atoms. The van der Waals surface area contributed by atoms with E-state index >= 15 is 0 Å². The second kappa shape index (κ2) is 3.16. The molecular weight excluding hydrogens is 132 g/mol. The van der Waals surface area contributed by atoms with Crippen molar-refractivity contribution in [3.05, 3.63) is 0 Å². The first-order valence-corrected chi connectivity index (χ1v) is 5.42. The average molecular weight is 152 g/mol. The van der Waals surface area contributed by atoms with Gasteiger partial charge in [-0.05, 0) is 24.2 Å². The molecule has 2 unspecified atom stereocenters. The monoisotopic (exact) mass is 152 g/mol. The first-order chi connectivity index (χ1) is 5.42. The van der Waals surface area contributed by atoms with E-state index in [0.29, 0.717) is 0 Å². The van der Waals surface area contributed by atoms with E-state index in [0.717, 1.165) is 11.8 Å². The molecule has 2 atom stereocenters. The van der Waals surface area contributed by atoms with Crippen LogP contribution >= 0.6 is 0 Å². The lowest BCUT2D eigenvalue weighted by Gasteiger charge is -2.06. The summed E-state index contributed by atoms with van der Waals surface area (Å²) in [7, 11) is 0. The van der Waals surface area contributed by atoms with Gasteiger partial charge in [0.1, 0.15) is 0 Å². The summed E-state index contributed by atoms with van der Waals surface area (Å²) >= 11 is 0. The maximum atomic E-state index is 2.32. The van der Waals surface area contributed by atoms with Gasteiger partial charge in [-0.3, -0.25) is 0 Å². The highest BCUT2D eigenvalue weighted by molar-refractivity contribution is 4.92. The Hall–Kier alpha value is 0. The molecule has 2 rings (SSSR count). The number of hydrogen-bond acceptors (Lipinski definition) is 0. The summed E-state index contributed by atoms with van der Waals surface area (Å²) in [6.07, 6.45) is 10.7. The van der Waals surface area contributed by atoms with Crippen molar-refractivity contribution >= 4 is 0 Å². The van der Waals surface area contributed by atoms with Crippen LogP contribution in [0.4, 0.5) is 0 Å². The highest BCUT2D eigenvalue weighted by Gasteiger charge is 2.42. The second-order valence-electron chi connectivity index (χ2n) is 4.49. The molecule has 0 nitrogen and oxygen atoms in total. The Morgan fingerprint density at radius 3 is 2.55 bits per heavy atom. The van der Waals surface area contributed by atoms with Gasteiger partial charge in [0.15, 0.2) is 0 Å². The third-order valence-electron chi connectivity index (χ3n) is 3.64. The molecule has 0 aromatic rings. The fourth-order valence-electron chi connectivity index (χ4n) is 2.94. The fraction of sp³-hybridized carbons (Fsp3) is 1.00. The van der Waals surface area contributed by atoms with Crippen molar-refractivity contribution in [2.24, 2.45) is 17.8 Å². The zero-order chi connectivity index (χ0) is 7.68. The standard InChI is InChI=1S/C11H20/c1-2-5-10-8-11(10)9-6-3-4-7-9/h9-11H,2-8H2,1H3. The van der Waals surface area contributed by atoms with E-state index in [1.54, 1.807) is 19.3 Å². The predicted molar refractivity (Wildman–Crippen MR) is 48.5 cm³/mol. The summed E-state index contributed by atoms with van der Waals surface area (Å²) in [5, 5.41) is 0. The Morgan fingerprint density at radius 1 is 1.18 bits per heavy atom. The molecule has 64 valence electrons. The lowest BCUT2D eigenvalue weighted by Crippen LogP contribution is -1.97. The SMILES string of the molecule is CCCC1CC1C1CCCC1. The minimum Gasteiger partial charge on any atom is -0.0654 e. The zero-order valence-electron chi connectivity index (χ0n) is 7.68. The number of rotatable bonds is 3. The lowest BCUT2D eigenvalue weighted by atomic mass is 9.99. The molecule has 0 heteroatoms. The molecule has 2 fully saturated rings. The molecule has 0 spiro atoms. The van der Waals surface area contributed by atoms with Gasteiger partial charge in [0.2, 0.25) is 0 Å². The topological polar surface area (TPSA) is 0 Å². The molecule has 2 aliphatic carbocycles. The van der Waals surface area contributed by atoms with E-state index in [2.05, 4.69) is 6.92 Å². The molecule has 0 amide bonds. The lowest BCUT2D eigenvalue weighted by molar-refractivity contribution is 0.439. The van der Waals surface area contributed by atoms with Crippen LogP contribution in [0.25, 0.3) is 0 Å². The Bertz CT molecular complexity index is 122. The molecule has 2 aliphatic rings. The van der Waals surface area contributed by atoms with Gasteiger partial charge < -0.3 is 0 Å². The van der Waals surface area contributed by atoms with Crippen LogP contribution in [0, 0.1) is 17.8 Å². The van der Waals surface area contributed by atoms with Crippen LogP contribution in [0.15, 0.2) is 0 Å². The predicted octanol–water partition coefficient (Wildman–Crippen LogP) is 3.61. The quantitative estimate of drug-likeness (QED) is 0.579. The molecule has 0 N–H and O–H groups in total. The van der Waals surface area contributed by atoms with Crippen molar-refractivity contribution in [3.8, 4) is 0 Å². The molecule has 0 radical (unpaired) electrons. The third kappa shape index (κ3) is 1.60. The summed E-state index contributed by atoms with van der Waals surface area (Å²) in [5.41, 5.74) is 0. The van der Waals surface area contributed by atoms with Crippen LogP contribution in [0.5, 0.6) is 0 Å². The van der Waals surface area contributed by atoms with E-state index < -0.39 is 0 Å². The molecule has 0 heterocycles. The highest BCUT2D eigenvalue weighted by atomic mass is 14.5. The van der Waals surface area contributed by atoms with Gasteiger partial charge in [-0.25, -0.2) is 0 Å². The molecule has 0 saturated heterocycles. The zero-order valence-corrected chi connectivity index (χ0v) is 7.68. The minimum absolute atomic E-state index is 1.16. The van der Waals surface area contributed by atoms with Crippen molar-refractivity contribution in [2.45, 2.75) is 51.9 Å². The molecule has 0 aromatic heterocycles. The Morgan fingerprint density at radius 2 is 1.91 bits per heavy atom. The third-order valence-corrected chi connectivity index (χ3v) is 3.64. The van der Waals surface area contributed by atoms with Gasteiger partial charge in [-0.2, -0.15) is 0 Å². The average Bonchev–Trinajstić information content (AvgIpc) is 2.61. The largest absolute Gasteiger partial charge is 0.0654 e. The van der Waals surface area contributed by atoms with Gasteiger partial charge >= 0.3 is 0 Å². The molecular formula is C11H20. The van der Waals surface area contributed by atoms with Crippen molar-refractivity contribution < 1.29 is 0 Å². The fourth-order valence-corrected chi connectivity index (χ4v) is 2.94. The summed E-state index contributed by atoms with van der Waals surface area (Å²) in [5.74, 6) is 3.49. The summed E-state index contributed by atoms with van der Waals surface area (Å²) in [6.45, 7) is 2.32. The summed E-state index contributed by atoms with van der Waals surface area (Å²) in [4.78, 5) is 0. The van der Waals surface area contributed by atoms with Crippen LogP contribution in [-0.2, 0) is 0 Å². The van der Waals surface area contributed by atoms with Gasteiger partial charge in [0.05, 0.1) is 0 Å². The maximum Gasteiger partial charge on any atom is -0.0355 e. The molecule has 0 bridgehead atoms. The van der Waals surface area contributed by atoms with E-state index in [4.69, 9.17) is 0 Å². The highest BCUT2D eigenvalue weighted by Crippen LogP contribution is 2.51. The van der Waals surface area contributed by atoms with Gasteiger partial charge in [-0.1, -0.05) is 45.4 Å². The molecule has 0 aliphatic heterocycles. The summed E-state index contributed by atoms with van der Waals surface area (Å²) in [6, 6.07) is 0. The minimum atomic E-state index is 1.16. The van der Waals surface area contributed by atoms with Gasteiger partial charge in [0, 0.05) is 0 Å². The van der Waals surface area contributed by atoms with E-state index in [-0.39, 0.29) is 0 Å². The Kier molecular flexibility index (Phi) is 2.20. The van der Waals surface area contributed by atoms with Crippen LogP contribution in [0.2, 0.25) is 0 Å². The number of hydrogen-bond donors (Lipinski definition) is 0. The van der Waals surface area contributed by atoms with Crippen LogP contribution in [0.3, 0.4) is 0 Å².